The Kier molecular flexibility index (Phi) is 5.74. The first-order valence-electron chi connectivity index (χ1n) is 15.1. The molecule has 9 rings (SSSR count). The molecule has 0 N–H and O–H groups in total. The van der Waals surface area contributed by atoms with Crippen LogP contribution in [0.3, 0.4) is 0 Å². The first kappa shape index (κ1) is 25.3. The summed E-state index contributed by atoms with van der Waals surface area (Å²) in [5, 5.41) is 4.71. The Bertz CT molecular complexity index is 2320. The average Bonchev–Trinajstić information content (AvgIpc) is 3.64. The smallest absolute Gasteiger partial charge is 0.137 e. The highest BCUT2D eigenvalue weighted by Gasteiger charge is 2.24. The van der Waals surface area contributed by atoms with Gasteiger partial charge in [0.1, 0.15) is 11.6 Å². The molecule has 0 aliphatic rings. The number of anilines is 3. The molecule has 0 atom stereocenters. The topological polar surface area (TPSA) is 38.9 Å². The average molecular weight is 578 g/mol. The number of fused-ring (bicyclic) bond motifs is 6. The molecular formula is C40H27N5. The van der Waals surface area contributed by atoms with E-state index >= 15 is 0 Å². The number of nitrogens with zero attached hydrogens (tertiary/aromatic N) is 5. The molecular weight excluding hydrogens is 550 g/mol. The van der Waals surface area contributed by atoms with Gasteiger partial charge >= 0.3 is 0 Å². The minimum Gasteiger partial charge on any atom is -0.309 e. The Labute approximate surface area is 259 Å². The van der Waals surface area contributed by atoms with Gasteiger partial charge in [0.25, 0.3) is 0 Å². The second-order valence-electron chi connectivity index (χ2n) is 11.1. The van der Waals surface area contributed by atoms with Gasteiger partial charge in [-0.1, -0.05) is 78.9 Å². The van der Waals surface area contributed by atoms with Gasteiger partial charge in [-0.05, 0) is 72.8 Å². The largest absolute Gasteiger partial charge is 0.309 e. The van der Waals surface area contributed by atoms with Crippen LogP contribution in [0.1, 0.15) is 0 Å². The molecule has 5 heteroatoms. The monoisotopic (exact) mass is 577 g/mol. The van der Waals surface area contributed by atoms with Crippen LogP contribution in [-0.2, 0) is 0 Å². The maximum Gasteiger partial charge on any atom is 0.137 e. The SMILES string of the molecule is c1ccc(N(c2cccc3c2c2ccccc2n3-c2ccccn2)c2cccc3c2c2ccccc2n3-c2ccccn2)cc1. The minimum atomic E-state index is 0.896. The molecule has 45 heavy (non-hydrogen) atoms. The number of hydrogen-bond donors (Lipinski definition) is 0. The lowest BCUT2D eigenvalue weighted by Gasteiger charge is -2.27. The lowest BCUT2D eigenvalue weighted by Crippen LogP contribution is -2.11. The standard InChI is InChI=1S/C40H27N5/c1-2-14-28(15-3-1)43(33-20-12-22-35-39(33)29-16-4-6-18-31(29)44(35)37-24-8-10-26-41-37)34-21-13-23-36-40(34)30-17-5-7-19-32(30)45(36)38-25-9-11-27-42-38/h1-27H. The molecule has 0 saturated carbocycles. The molecule has 5 aromatic carbocycles. The molecule has 5 nitrogen and oxygen atoms in total. The molecule has 0 aliphatic heterocycles. The van der Waals surface area contributed by atoms with Gasteiger partial charge in [-0.2, -0.15) is 0 Å². The lowest BCUT2D eigenvalue weighted by molar-refractivity contribution is 1.08. The van der Waals surface area contributed by atoms with Crippen molar-refractivity contribution < 1.29 is 0 Å². The quantitative estimate of drug-likeness (QED) is 0.204. The number of benzene rings is 5. The molecule has 0 aliphatic carbocycles. The summed E-state index contributed by atoms with van der Waals surface area (Å²) in [6.07, 6.45) is 3.71. The number of hydrogen-bond acceptors (Lipinski definition) is 3. The van der Waals surface area contributed by atoms with Gasteiger partial charge in [0.15, 0.2) is 0 Å². The number of para-hydroxylation sites is 3. The van der Waals surface area contributed by atoms with Gasteiger partial charge < -0.3 is 4.90 Å². The van der Waals surface area contributed by atoms with Crippen molar-refractivity contribution in [2.45, 2.75) is 0 Å². The van der Waals surface area contributed by atoms with Crippen molar-refractivity contribution >= 4 is 60.7 Å². The van der Waals surface area contributed by atoms with E-state index < -0.39 is 0 Å². The van der Waals surface area contributed by atoms with E-state index in [1.165, 1.54) is 21.5 Å². The van der Waals surface area contributed by atoms with Crippen molar-refractivity contribution in [2.24, 2.45) is 0 Å². The Morgan fingerprint density at radius 2 is 0.822 bits per heavy atom. The normalized spacial score (nSPS) is 11.6. The van der Waals surface area contributed by atoms with Gasteiger partial charge in [0, 0.05) is 39.6 Å². The van der Waals surface area contributed by atoms with Crippen molar-refractivity contribution in [2.75, 3.05) is 4.90 Å². The van der Waals surface area contributed by atoms with Crippen LogP contribution < -0.4 is 4.90 Å². The molecule has 0 spiro atoms. The van der Waals surface area contributed by atoms with Crippen molar-refractivity contribution in [1.82, 2.24) is 19.1 Å². The molecule has 0 radical (unpaired) electrons. The summed E-state index contributed by atoms with van der Waals surface area (Å²) in [4.78, 5) is 11.9. The summed E-state index contributed by atoms with van der Waals surface area (Å²) in [6, 6.07) is 53.2. The molecule has 0 bridgehead atoms. The van der Waals surface area contributed by atoms with Crippen LogP contribution in [0.5, 0.6) is 0 Å². The zero-order valence-corrected chi connectivity index (χ0v) is 24.3. The van der Waals surface area contributed by atoms with E-state index in [1.54, 1.807) is 0 Å². The molecule has 0 saturated heterocycles. The summed E-state index contributed by atoms with van der Waals surface area (Å²) >= 11 is 0. The highest BCUT2D eigenvalue weighted by molar-refractivity contribution is 6.20. The zero-order valence-electron chi connectivity index (χ0n) is 24.3. The van der Waals surface area contributed by atoms with Gasteiger partial charge in [-0.3, -0.25) is 9.13 Å². The molecule has 0 amide bonds. The summed E-state index contributed by atoms with van der Waals surface area (Å²) in [5.74, 6) is 1.79. The van der Waals surface area contributed by atoms with Crippen LogP contribution in [0, 0.1) is 0 Å². The number of aromatic nitrogens is 4. The van der Waals surface area contributed by atoms with E-state index in [2.05, 4.69) is 141 Å². The molecule has 0 unspecified atom stereocenters. The fraction of sp³-hybridized carbons (Fsp3) is 0. The fourth-order valence-electron chi connectivity index (χ4n) is 6.82. The molecule has 0 fully saturated rings. The van der Waals surface area contributed by atoms with E-state index in [-0.39, 0.29) is 0 Å². The van der Waals surface area contributed by atoms with Gasteiger partial charge in [-0.25, -0.2) is 9.97 Å². The van der Waals surface area contributed by atoms with E-state index in [4.69, 9.17) is 9.97 Å². The van der Waals surface area contributed by atoms with Crippen molar-refractivity contribution in [1.29, 1.82) is 0 Å². The van der Waals surface area contributed by atoms with Crippen molar-refractivity contribution in [3.8, 4) is 11.6 Å². The Morgan fingerprint density at radius 1 is 0.378 bits per heavy atom. The first-order chi connectivity index (χ1) is 22.4. The fourth-order valence-corrected chi connectivity index (χ4v) is 6.82. The highest BCUT2D eigenvalue weighted by atomic mass is 15.2. The summed E-state index contributed by atoms with van der Waals surface area (Å²) < 4.78 is 4.54. The van der Waals surface area contributed by atoms with Crippen LogP contribution >= 0.6 is 0 Å². The number of pyridine rings is 2. The molecule has 9 aromatic rings. The van der Waals surface area contributed by atoms with Crippen LogP contribution in [0.2, 0.25) is 0 Å². The van der Waals surface area contributed by atoms with Crippen LogP contribution in [0.25, 0.3) is 55.2 Å². The second kappa shape index (κ2) is 10.2. The zero-order chi connectivity index (χ0) is 29.7. The van der Waals surface area contributed by atoms with Gasteiger partial charge in [-0.15, -0.1) is 0 Å². The Balaban J connectivity index is 1.41. The van der Waals surface area contributed by atoms with Gasteiger partial charge in [0.2, 0.25) is 0 Å². The minimum absolute atomic E-state index is 0.896. The molecule has 4 aromatic heterocycles. The van der Waals surface area contributed by atoms with E-state index in [9.17, 15) is 0 Å². The second-order valence-corrected chi connectivity index (χ2v) is 11.1. The maximum atomic E-state index is 4.76. The number of rotatable bonds is 5. The van der Waals surface area contributed by atoms with Gasteiger partial charge in [0.05, 0.1) is 33.4 Å². The lowest BCUT2D eigenvalue weighted by atomic mass is 10.1. The third-order valence-corrected chi connectivity index (χ3v) is 8.60. The van der Waals surface area contributed by atoms with Crippen LogP contribution in [0.4, 0.5) is 17.1 Å². The van der Waals surface area contributed by atoms with E-state index in [1.807, 2.05) is 36.7 Å². The highest BCUT2D eigenvalue weighted by Crippen LogP contribution is 2.47. The first-order valence-corrected chi connectivity index (χ1v) is 15.1. The van der Waals surface area contributed by atoms with E-state index in [0.717, 1.165) is 50.8 Å². The van der Waals surface area contributed by atoms with Crippen LogP contribution in [0.15, 0.2) is 164 Å². The summed E-state index contributed by atoms with van der Waals surface area (Å²) in [6.45, 7) is 0. The summed E-state index contributed by atoms with van der Waals surface area (Å²) in [7, 11) is 0. The Morgan fingerprint density at radius 3 is 1.31 bits per heavy atom. The predicted octanol–water partition coefficient (Wildman–Crippen LogP) is 10.1. The third-order valence-electron chi connectivity index (χ3n) is 8.60. The Hall–Kier alpha value is -6.20. The van der Waals surface area contributed by atoms with Crippen LogP contribution in [-0.4, -0.2) is 19.1 Å². The molecule has 212 valence electrons. The van der Waals surface area contributed by atoms with E-state index in [0.29, 0.717) is 0 Å². The van der Waals surface area contributed by atoms with Crippen molar-refractivity contribution in [3.63, 3.8) is 0 Å². The maximum absolute atomic E-state index is 4.76. The van der Waals surface area contributed by atoms with Crippen molar-refractivity contribution in [3.05, 3.63) is 164 Å². The summed E-state index contributed by atoms with van der Waals surface area (Å²) in [5.41, 5.74) is 7.75. The third kappa shape index (κ3) is 3.88. The molecule has 4 heterocycles. The predicted molar refractivity (Wildman–Crippen MR) is 185 cm³/mol.